The molecular formula is C19H16F3NO4S. The Hall–Kier alpha value is -2.94. The SMILES string of the molecule is COC(=O)/C=C(/Nc1ccc(Sc2cccc(C(F)(F)F)c2)cc1)C(=O)OC. The van der Waals surface area contributed by atoms with Gasteiger partial charge < -0.3 is 14.8 Å². The topological polar surface area (TPSA) is 64.6 Å². The Bertz CT molecular complexity index is 879. The number of anilines is 1. The molecule has 0 saturated carbocycles. The van der Waals surface area contributed by atoms with E-state index in [0.717, 1.165) is 30.0 Å². The summed E-state index contributed by atoms with van der Waals surface area (Å²) in [6.07, 6.45) is -3.45. The third-order valence-corrected chi connectivity index (χ3v) is 4.40. The standard InChI is InChI=1S/C19H16F3NO4S/c1-26-17(24)11-16(18(25)27-2)23-13-6-8-14(9-7-13)28-15-5-3-4-12(10-15)19(20,21)22/h3-11,23H,1-2H3/b16-11+. The third kappa shape index (κ3) is 6.05. The van der Waals surface area contributed by atoms with E-state index in [1.807, 2.05) is 0 Å². The lowest BCUT2D eigenvalue weighted by Crippen LogP contribution is -2.15. The Morgan fingerprint density at radius 3 is 2.25 bits per heavy atom. The Kier molecular flexibility index (Phi) is 7.11. The number of hydrogen-bond acceptors (Lipinski definition) is 6. The van der Waals surface area contributed by atoms with Gasteiger partial charge in [0, 0.05) is 15.5 Å². The lowest BCUT2D eigenvalue weighted by molar-refractivity contribution is -0.138. The lowest BCUT2D eigenvalue weighted by Gasteiger charge is -2.10. The molecule has 0 heterocycles. The van der Waals surface area contributed by atoms with Crippen molar-refractivity contribution in [2.24, 2.45) is 0 Å². The van der Waals surface area contributed by atoms with E-state index in [2.05, 4.69) is 14.8 Å². The largest absolute Gasteiger partial charge is 0.466 e. The van der Waals surface area contributed by atoms with Gasteiger partial charge in [0.05, 0.1) is 25.9 Å². The second-order valence-electron chi connectivity index (χ2n) is 5.35. The van der Waals surface area contributed by atoms with Gasteiger partial charge in [-0.2, -0.15) is 13.2 Å². The van der Waals surface area contributed by atoms with E-state index < -0.39 is 23.7 Å². The van der Waals surface area contributed by atoms with Crippen LogP contribution >= 0.6 is 11.8 Å². The number of carbonyl (C=O) groups is 2. The molecule has 0 aromatic heterocycles. The Morgan fingerprint density at radius 1 is 1.00 bits per heavy atom. The quantitative estimate of drug-likeness (QED) is 0.558. The second kappa shape index (κ2) is 9.32. The van der Waals surface area contributed by atoms with Gasteiger partial charge in [-0.15, -0.1) is 0 Å². The minimum atomic E-state index is -4.40. The summed E-state index contributed by atoms with van der Waals surface area (Å²) >= 11 is 1.16. The summed E-state index contributed by atoms with van der Waals surface area (Å²) in [6, 6.07) is 11.6. The number of hydrogen-bond donors (Lipinski definition) is 1. The fourth-order valence-corrected chi connectivity index (χ4v) is 2.94. The first kappa shape index (κ1) is 21.4. The van der Waals surface area contributed by atoms with Crippen LogP contribution in [0, 0.1) is 0 Å². The first-order valence-electron chi connectivity index (χ1n) is 7.83. The van der Waals surface area contributed by atoms with Crippen molar-refractivity contribution in [2.75, 3.05) is 19.5 Å². The highest BCUT2D eigenvalue weighted by Gasteiger charge is 2.30. The van der Waals surface area contributed by atoms with Crippen LogP contribution in [0.5, 0.6) is 0 Å². The van der Waals surface area contributed by atoms with E-state index in [4.69, 9.17) is 0 Å². The summed E-state index contributed by atoms with van der Waals surface area (Å²) in [4.78, 5) is 24.2. The van der Waals surface area contributed by atoms with Crippen LogP contribution in [-0.4, -0.2) is 26.2 Å². The van der Waals surface area contributed by atoms with Crippen molar-refractivity contribution < 1.29 is 32.2 Å². The molecule has 0 unspecified atom stereocenters. The van der Waals surface area contributed by atoms with Crippen molar-refractivity contribution in [3.05, 3.63) is 65.9 Å². The van der Waals surface area contributed by atoms with Crippen molar-refractivity contribution in [1.82, 2.24) is 0 Å². The number of ether oxygens (including phenoxy) is 2. The number of methoxy groups -OCH3 is 2. The van der Waals surface area contributed by atoms with Crippen LogP contribution in [-0.2, 0) is 25.2 Å². The van der Waals surface area contributed by atoms with Crippen molar-refractivity contribution in [2.45, 2.75) is 16.0 Å². The molecule has 0 aliphatic carbocycles. The first-order valence-corrected chi connectivity index (χ1v) is 8.64. The van der Waals surface area contributed by atoms with Crippen LogP contribution in [0.1, 0.15) is 5.56 Å². The van der Waals surface area contributed by atoms with Gasteiger partial charge in [0.2, 0.25) is 0 Å². The second-order valence-corrected chi connectivity index (χ2v) is 6.50. The molecular weight excluding hydrogens is 395 g/mol. The fourth-order valence-electron chi connectivity index (χ4n) is 2.07. The molecule has 0 saturated heterocycles. The van der Waals surface area contributed by atoms with Crippen LogP contribution in [0.25, 0.3) is 0 Å². The van der Waals surface area contributed by atoms with E-state index in [9.17, 15) is 22.8 Å². The predicted molar refractivity (Wildman–Crippen MR) is 97.7 cm³/mol. The summed E-state index contributed by atoms with van der Waals surface area (Å²) in [7, 11) is 2.34. The van der Waals surface area contributed by atoms with E-state index >= 15 is 0 Å². The van der Waals surface area contributed by atoms with E-state index in [-0.39, 0.29) is 5.70 Å². The van der Waals surface area contributed by atoms with Gasteiger partial charge in [-0.1, -0.05) is 17.8 Å². The van der Waals surface area contributed by atoms with E-state index in [1.54, 1.807) is 30.3 Å². The summed E-state index contributed by atoms with van der Waals surface area (Å²) in [5.74, 6) is -1.49. The minimum Gasteiger partial charge on any atom is -0.466 e. The summed E-state index contributed by atoms with van der Waals surface area (Å²) in [5, 5.41) is 2.74. The average Bonchev–Trinajstić information content (AvgIpc) is 2.67. The molecule has 148 valence electrons. The van der Waals surface area contributed by atoms with Crippen molar-refractivity contribution in [3.8, 4) is 0 Å². The number of carbonyl (C=O) groups excluding carboxylic acids is 2. The monoisotopic (exact) mass is 411 g/mol. The number of esters is 2. The van der Waals surface area contributed by atoms with Gasteiger partial charge in [0.1, 0.15) is 5.70 Å². The molecule has 2 rings (SSSR count). The predicted octanol–water partition coefficient (Wildman–Crippen LogP) is 4.50. The van der Waals surface area contributed by atoms with Crippen LogP contribution in [0.3, 0.4) is 0 Å². The first-order chi connectivity index (χ1) is 13.2. The Balaban J connectivity index is 2.14. The molecule has 2 aromatic carbocycles. The van der Waals surface area contributed by atoms with E-state index in [1.165, 1.54) is 20.3 Å². The summed E-state index contributed by atoms with van der Waals surface area (Å²) in [6.45, 7) is 0. The van der Waals surface area contributed by atoms with Gasteiger partial charge in [-0.05, 0) is 42.5 Å². The minimum absolute atomic E-state index is 0.118. The summed E-state index contributed by atoms with van der Waals surface area (Å²) in [5.41, 5.74) is -0.354. The van der Waals surface area contributed by atoms with Gasteiger partial charge in [0.15, 0.2) is 0 Å². The highest BCUT2D eigenvalue weighted by atomic mass is 32.2. The molecule has 1 N–H and O–H groups in total. The van der Waals surface area contributed by atoms with Gasteiger partial charge in [-0.25, -0.2) is 9.59 Å². The number of rotatable bonds is 6. The number of benzene rings is 2. The van der Waals surface area contributed by atoms with Gasteiger partial charge in [-0.3, -0.25) is 0 Å². The zero-order valence-electron chi connectivity index (χ0n) is 14.9. The maximum Gasteiger partial charge on any atom is 0.416 e. The maximum atomic E-state index is 12.8. The van der Waals surface area contributed by atoms with E-state index in [0.29, 0.717) is 15.5 Å². The zero-order valence-corrected chi connectivity index (χ0v) is 15.7. The third-order valence-electron chi connectivity index (χ3n) is 3.40. The molecule has 0 spiro atoms. The molecule has 0 aliphatic heterocycles. The van der Waals surface area contributed by atoms with Gasteiger partial charge in [0.25, 0.3) is 0 Å². The van der Waals surface area contributed by atoms with Crippen LogP contribution in [0.15, 0.2) is 70.1 Å². The Morgan fingerprint density at radius 2 is 1.68 bits per heavy atom. The van der Waals surface area contributed by atoms with Crippen LogP contribution in [0.2, 0.25) is 0 Å². The summed E-state index contributed by atoms with van der Waals surface area (Å²) < 4.78 is 47.5. The molecule has 0 aliphatic rings. The molecule has 0 fully saturated rings. The smallest absolute Gasteiger partial charge is 0.416 e. The zero-order chi connectivity index (χ0) is 20.7. The Labute approximate surface area is 163 Å². The highest BCUT2D eigenvalue weighted by Crippen LogP contribution is 2.34. The normalized spacial score (nSPS) is 11.7. The number of halogens is 3. The van der Waals surface area contributed by atoms with Crippen LogP contribution in [0.4, 0.5) is 18.9 Å². The number of alkyl halides is 3. The molecule has 0 radical (unpaired) electrons. The molecule has 9 heteroatoms. The molecule has 28 heavy (non-hydrogen) atoms. The van der Waals surface area contributed by atoms with Crippen molar-refractivity contribution in [1.29, 1.82) is 0 Å². The molecule has 2 aromatic rings. The van der Waals surface area contributed by atoms with Crippen molar-refractivity contribution in [3.63, 3.8) is 0 Å². The fraction of sp³-hybridized carbons (Fsp3) is 0.158. The molecule has 0 atom stereocenters. The average molecular weight is 411 g/mol. The van der Waals surface area contributed by atoms with Gasteiger partial charge >= 0.3 is 18.1 Å². The lowest BCUT2D eigenvalue weighted by atomic mass is 10.2. The highest BCUT2D eigenvalue weighted by molar-refractivity contribution is 7.99. The number of nitrogens with one attached hydrogen (secondary N) is 1. The maximum absolute atomic E-state index is 12.8. The molecule has 0 bridgehead atoms. The molecule has 5 nitrogen and oxygen atoms in total. The van der Waals surface area contributed by atoms with Crippen LogP contribution < -0.4 is 5.32 Å². The van der Waals surface area contributed by atoms with Crippen molar-refractivity contribution >= 4 is 29.4 Å². The molecule has 0 amide bonds.